The summed E-state index contributed by atoms with van der Waals surface area (Å²) < 4.78 is 7.64. The molecule has 1 aromatic carbocycles. The highest BCUT2D eigenvalue weighted by Crippen LogP contribution is 2.41. The molecule has 0 radical (unpaired) electrons. The van der Waals surface area contributed by atoms with Crippen LogP contribution in [0.15, 0.2) is 85.3 Å². The number of hydrogen-bond donors (Lipinski definition) is 1. The molecular weight excluding hydrogens is 430 g/mol. The summed E-state index contributed by atoms with van der Waals surface area (Å²) in [5.41, 5.74) is 5.43. The molecule has 6 nitrogen and oxygen atoms in total. The summed E-state index contributed by atoms with van der Waals surface area (Å²) in [4.78, 5) is 11.2. The Morgan fingerprint density at radius 3 is 2.55 bits per heavy atom. The minimum Gasteiger partial charge on any atom is -0.497 e. The Bertz CT molecular complexity index is 1240. The smallest absolute Gasteiger partial charge is 0.170 e. The van der Waals surface area contributed by atoms with Gasteiger partial charge in [-0.3, -0.25) is 9.97 Å². The average Bonchev–Trinajstić information content (AvgIpc) is 3.39. The largest absolute Gasteiger partial charge is 0.497 e. The van der Waals surface area contributed by atoms with Gasteiger partial charge < -0.3 is 19.5 Å². The number of benzene rings is 1. The number of pyridine rings is 2. The summed E-state index contributed by atoms with van der Waals surface area (Å²) in [7, 11) is 1.68. The zero-order valence-electron chi connectivity index (χ0n) is 18.6. The fourth-order valence-corrected chi connectivity index (χ4v) is 4.76. The van der Waals surface area contributed by atoms with E-state index in [1.807, 2.05) is 48.8 Å². The number of aryl methyl sites for hydroxylation is 1. The van der Waals surface area contributed by atoms with Gasteiger partial charge in [0, 0.05) is 42.2 Å². The van der Waals surface area contributed by atoms with Crippen LogP contribution in [0.5, 0.6) is 5.75 Å². The highest BCUT2D eigenvalue weighted by molar-refractivity contribution is 7.80. The van der Waals surface area contributed by atoms with E-state index in [-0.39, 0.29) is 12.1 Å². The predicted molar refractivity (Wildman–Crippen MR) is 132 cm³/mol. The Morgan fingerprint density at radius 1 is 1.00 bits per heavy atom. The molecule has 166 valence electrons. The van der Waals surface area contributed by atoms with Crippen LogP contribution >= 0.6 is 12.2 Å². The van der Waals surface area contributed by atoms with E-state index < -0.39 is 0 Å². The van der Waals surface area contributed by atoms with Gasteiger partial charge in [0.2, 0.25) is 0 Å². The van der Waals surface area contributed by atoms with Crippen LogP contribution < -0.4 is 10.1 Å². The van der Waals surface area contributed by atoms with Crippen molar-refractivity contribution in [3.8, 4) is 11.4 Å². The van der Waals surface area contributed by atoms with Crippen molar-refractivity contribution in [3.05, 3.63) is 108 Å². The molecule has 2 atom stereocenters. The molecule has 0 bridgehead atoms. The molecule has 0 unspecified atom stereocenters. The molecule has 1 N–H and O–H groups in total. The predicted octanol–water partition coefficient (Wildman–Crippen LogP) is 4.76. The summed E-state index contributed by atoms with van der Waals surface area (Å²) in [5.74, 6) is 0.832. The quantitative estimate of drug-likeness (QED) is 0.423. The first-order chi connectivity index (χ1) is 16.2. The molecule has 33 heavy (non-hydrogen) atoms. The molecule has 0 aliphatic carbocycles. The van der Waals surface area contributed by atoms with Gasteiger partial charge in [0.15, 0.2) is 5.11 Å². The maximum absolute atomic E-state index is 5.83. The van der Waals surface area contributed by atoms with Crippen LogP contribution in [0, 0.1) is 6.92 Å². The fourth-order valence-electron chi connectivity index (χ4n) is 4.46. The van der Waals surface area contributed by atoms with Crippen molar-refractivity contribution < 1.29 is 4.74 Å². The second-order valence-corrected chi connectivity index (χ2v) is 8.44. The lowest BCUT2D eigenvalue weighted by molar-refractivity contribution is 0.301. The van der Waals surface area contributed by atoms with Gasteiger partial charge in [0.05, 0.1) is 24.9 Å². The van der Waals surface area contributed by atoms with Crippen molar-refractivity contribution in [2.24, 2.45) is 0 Å². The van der Waals surface area contributed by atoms with Gasteiger partial charge >= 0.3 is 0 Å². The third-order valence-corrected chi connectivity index (χ3v) is 6.37. The summed E-state index contributed by atoms with van der Waals surface area (Å²) in [6, 6.07) is 22.4. The van der Waals surface area contributed by atoms with Gasteiger partial charge in [-0.2, -0.15) is 0 Å². The van der Waals surface area contributed by atoms with Crippen molar-refractivity contribution in [1.82, 2.24) is 24.8 Å². The maximum atomic E-state index is 5.83. The van der Waals surface area contributed by atoms with Crippen LogP contribution in [0.2, 0.25) is 0 Å². The van der Waals surface area contributed by atoms with Crippen LogP contribution in [0.1, 0.15) is 34.7 Å². The molecule has 7 heteroatoms. The molecule has 1 fully saturated rings. The lowest BCUT2D eigenvalue weighted by Crippen LogP contribution is -2.30. The first-order valence-electron chi connectivity index (χ1n) is 10.9. The monoisotopic (exact) mass is 455 g/mol. The van der Waals surface area contributed by atoms with Crippen LogP contribution in [0.25, 0.3) is 5.69 Å². The molecule has 0 amide bonds. The minimum atomic E-state index is -0.0818. The van der Waals surface area contributed by atoms with Crippen molar-refractivity contribution in [1.29, 1.82) is 0 Å². The van der Waals surface area contributed by atoms with Crippen molar-refractivity contribution in [3.63, 3.8) is 0 Å². The number of rotatable bonds is 6. The number of hydrogen-bond acceptors (Lipinski definition) is 4. The Morgan fingerprint density at radius 2 is 1.85 bits per heavy atom. The molecule has 4 aromatic rings. The number of ether oxygens (including phenoxy) is 1. The third kappa shape index (κ3) is 4.07. The molecule has 5 rings (SSSR count). The van der Waals surface area contributed by atoms with Gasteiger partial charge in [0.25, 0.3) is 0 Å². The molecule has 1 saturated heterocycles. The lowest BCUT2D eigenvalue weighted by Gasteiger charge is -2.29. The van der Waals surface area contributed by atoms with Crippen molar-refractivity contribution >= 4 is 17.3 Å². The average molecular weight is 456 g/mol. The molecule has 0 spiro atoms. The molecule has 4 heterocycles. The first kappa shape index (κ1) is 21.2. The van der Waals surface area contributed by atoms with Gasteiger partial charge in [-0.25, -0.2) is 0 Å². The summed E-state index contributed by atoms with van der Waals surface area (Å²) in [5, 5.41) is 4.24. The van der Waals surface area contributed by atoms with E-state index in [1.54, 1.807) is 13.3 Å². The molecular formula is C26H25N5OS. The van der Waals surface area contributed by atoms with Gasteiger partial charge in [-0.15, -0.1) is 0 Å². The zero-order valence-corrected chi connectivity index (χ0v) is 19.4. The van der Waals surface area contributed by atoms with E-state index in [1.165, 1.54) is 0 Å². The highest BCUT2D eigenvalue weighted by atomic mass is 32.1. The maximum Gasteiger partial charge on any atom is 0.170 e. The lowest BCUT2D eigenvalue weighted by atomic mass is 10.0. The van der Waals surface area contributed by atoms with Crippen LogP contribution in [-0.2, 0) is 6.54 Å². The fraction of sp³-hybridized carbons (Fsp3) is 0.192. The molecule has 0 saturated carbocycles. The number of methoxy groups -OCH3 is 1. The van der Waals surface area contributed by atoms with E-state index in [9.17, 15) is 0 Å². The Balaban J connectivity index is 1.62. The molecule has 1 aliphatic heterocycles. The van der Waals surface area contributed by atoms with E-state index in [0.717, 1.165) is 34.1 Å². The van der Waals surface area contributed by atoms with E-state index in [4.69, 9.17) is 17.0 Å². The van der Waals surface area contributed by atoms with E-state index in [0.29, 0.717) is 11.7 Å². The van der Waals surface area contributed by atoms with Crippen LogP contribution in [-0.4, -0.2) is 31.7 Å². The molecule has 1 aliphatic rings. The minimum absolute atomic E-state index is 0.0524. The Kier molecular flexibility index (Phi) is 5.79. The third-order valence-electron chi connectivity index (χ3n) is 6.01. The van der Waals surface area contributed by atoms with Crippen molar-refractivity contribution in [2.75, 3.05) is 7.11 Å². The Hall–Kier alpha value is -3.71. The molecule has 3 aromatic heterocycles. The highest BCUT2D eigenvalue weighted by Gasteiger charge is 2.41. The topological polar surface area (TPSA) is 55.2 Å². The normalized spacial score (nSPS) is 17.8. The first-order valence-corrected chi connectivity index (χ1v) is 11.3. The number of nitrogens with one attached hydrogen (secondary N) is 1. The van der Waals surface area contributed by atoms with Gasteiger partial charge in [-0.05, 0) is 79.3 Å². The number of nitrogens with zero attached hydrogens (tertiary/aromatic N) is 4. The summed E-state index contributed by atoms with van der Waals surface area (Å²) in [6.07, 6.45) is 5.51. The number of aromatic nitrogens is 3. The number of thiocarbonyl (C=S) groups is 1. The second-order valence-electron chi connectivity index (χ2n) is 8.05. The van der Waals surface area contributed by atoms with Gasteiger partial charge in [0.1, 0.15) is 5.75 Å². The van der Waals surface area contributed by atoms with Crippen LogP contribution in [0.3, 0.4) is 0 Å². The Labute approximate surface area is 198 Å². The standard InChI is InChI=1S/C26H25N5OS/c1-18-8-13-23(31(18)20-9-11-21(32-2)12-10-20)25-24(22-7-3-4-15-28-22)29-26(33)30(25)17-19-6-5-14-27-16-19/h3-16,24-25H,17H2,1-2H3,(H,29,33)/t24-,25+/m1/s1. The second kappa shape index (κ2) is 9.03. The van der Waals surface area contributed by atoms with Crippen LogP contribution in [0.4, 0.5) is 0 Å². The SMILES string of the molecule is COc1ccc(-n2c(C)ccc2[C@H]2[C@@H](c3ccccn3)NC(=S)N2Cc2cccnc2)cc1. The summed E-state index contributed by atoms with van der Waals surface area (Å²) >= 11 is 5.83. The van der Waals surface area contributed by atoms with E-state index >= 15 is 0 Å². The van der Waals surface area contributed by atoms with E-state index in [2.05, 4.69) is 62.0 Å². The van der Waals surface area contributed by atoms with Crippen molar-refractivity contribution in [2.45, 2.75) is 25.6 Å². The summed E-state index contributed by atoms with van der Waals surface area (Å²) in [6.45, 7) is 2.77. The zero-order chi connectivity index (χ0) is 22.8. The van der Waals surface area contributed by atoms with Gasteiger partial charge in [-0.1, -0.05) is 12.1 Å².